The van der Waals surface area contributed by atoms with Gasteiger partial charge in [-0.15, -0.1) is 11.3 Å². The Bertz CT molecular complexity index is 989. The summed E-state index contributed by atoms with van der Waals surface area (Å²) in [6, 6.07) is 4.51. The van der Waals surface area contributed by atoms with E-state index < -0.39 is 11.9 Å². The highest BCUT2D eigenvalue weighted by Gasteiger charge is 2.35. The minimum atomic E-state index is -4.56. The van der Waals surface area contributed by atoms with E-state index in [1.165, 1.54) is 11.3 Å². The predicted octanol–water partition coefficient (Wildman–Crippen LogP) is 4.22. The van der Waals surface area contributed by atoms with Crippen LogP contribution in [-0.4, -0.2) is 43.4 Å². The van der Waals surface area contributed by atoms with Gasteiger partial charge in [0.05, 0.1) is 16.9 Å². The Morgan fingerprint density at radius 3 is 2.87 bits per heavy atom. The zero-order valence-corrected chi connectivity index (χ0v) is 16.9. The van der Waals surface area contributed by atoms with E-state index in [1.807, 2.05) is 4.57 Å². The molecule has 4 rings (SSSR count). The molecule has 1 saturated heterocycles. The van der Waals surface area contributed by atoms with Crippen molar-refractivity contribution in [2.75, 3.05) is 13.1 Å². The van der Waals surface area contributed by atoms with Crippen LogP contribution >= 0.6 is 11.3 Å². The van der Waals surface area contributed by atoms with Crippen molar-refractivity contribution in [1.29, 1.82) is 0 Å². The number of aromatic nitrogens is 4. The zero-order chi connectivity index (χ0) is 21.1. The fourth-order valence-corrected chi connectivity index (χ4v) is 4.25. The molecule has 1 fully saturated rings. The third kappa shape index (κ3) is 4.69. The molecule has 0 N–H and O–H groups in total. The first-order valence-corrected chi connectivity index (χ1v) is 10.5. The fourth-order valence-electron chi connectivity index (χ4n) is 3.56. The first-order valence-electron chi connectivity index (χ1n) is 9.64. The third-order valence-corrected chi connectivity index (χ3v) is 5.98. The van der Waals surface area contributed by atoms with Gasteiger partial charge in [0.25, 0.3) is 0 Å². The van der Waals surface area contributed by atoms with Crippen molar-refractivity contribution >= 4 is 17.2 Å². The first-order chi connectivity index (χ1) is 14.4. The molecule has 3 aromatic heterocycles. The molecule has 0 spiro atoms. The van der Waals surface area contributed by atoms with Crippen molar-refractivity contribution in [1.82, 2.24) is 24.4 Å². The number of thiophene rings is 1. The molecule has 0 aliphatic carbocycles. The number of likely N-dealkylation sites (tertiary alicyclic amines) is 1. The van der Waals surface area contributed by atoms with Crippen LogP contribution in [0.5, 0.6) is 0 Å². The molecular formula is C20H20F3N5OS. The summed E-state index contributed by atoms with van der Waals surface area (Å²) in [4.78, 5) is 27.2. The van der Waals surface area contributed by atoms with Gasteiger partial charge in [0.1, 0.15) is 11.5 Å². The van der Waals surface area contributed by atoms with Crippen LogP contribution in [0.25, 0.3) is 10.6 Å². The van der Waals surface area contributed by atoms with Crippen LogP contribution in [0.1, 0.15) is 36.7 Å². The van der Waals surface area contributed by atoms with Crippen LogP contribution in [0, 0.1) is 0 Å². The van der Waals surface area contributed by atoms with Gasteiger partial charge < -0.3 is 9.47 Å². The van der Waals surface area contributed by atoms with Gasteiger partial charge in [-0.25, -0.2) is 15.0 Å². The SMILES string of the molecule is O=C(CCn1ccnc1)N1CCCC(c2nc(-c3cccs3)cc(C(F)(F)F)n2)C1. The zero-order valence-electron chi connectivity index (χ0n) is 16.0. The number of amides is 1. The number of alkyl halides is 3. The summed E-state index contributed by atoms with van der Waals surface area (Å²) in [5, 5.41) is 1.80. The molecule has 1 unspecified atom stereocenters. The van der Waals surface area contributed by atoms with Gasteiger partial charge in [0.2, 0.25) is 5.91 Å². The summed E-state index contributed by atoms with van der Waals surface area (Å²) in [7, 11) is 0. The monoisotopic (exact) mass is 435 g/mol. The summed E-state index contributed by atoms with van der Waals surface area (Å²) >= 11 is 1.33. The van der Waals surface area contributed by atoms with Gasteiger partial charge in [-0.05, 0) is 30.4 Å². The standard InChI is InChI=1S/C20H20F3N5OS/c21-20(22,23)17-11-15(16-4-2-10-30-16)25-19(26-17)14-3-1-7-28(12-14)18(29)5-8-27-9-6-24-13-27/h2,4,6,9-11,13-14H,1,3,5,7-8,12H2. The van der Waals surface area contributed by atoms with E-state index in [1.54, 1.807) is 41.1 Å². The maximum atomic E-state index is 13.4. The topological polar surface area (TPSA) is 63.9 Å². The second kappa shape index (κ2) is 8.55. The van der Waals surface area contributed by atoms with Gasteiger partial charge in [0, 0.05) is 44.4 Å². The number of aryl methyl sites for hydroxylation is 1. The molecule has 30 heavy (non-hydrogen) atoms. The average molecular weight is 435 g/mol. The number of hydrogen-bond donors (Lipinski definition) is 0. The van der Waals surface area contributed by atoms with Crippen molar-refractivity contribution in [3.8, 4) is 10.6 Å². The van der Waals surface area contributed by atoms with Crippen LogP contribution in [0.15, 0.2) is 42.3 Å². The molecule has 1 aliphatic heterocycles. The van der Waals surface area contributed by atoms with E-state index in [0.29, 0.717) is 43.8 Å². The normalized spacial score (nSPS) is 17.3. The molecule has 3 aromatic rings. The number of carbonyl (C=O) groups excluding carboxylic acids is 1. The summed E-state index contributed by atoms with van der Waals surface area (Å²) in [6.07, 6.45) is 2.19. The molecule has 0 saturated carbocycles. The van der Waals surface area contributed by atoms with E-state index in [0.717, 1.165) is 6.07 Å². The van der Waals surface area contributed by atoms with Gasteiger partial charge in [-0.1, -0.05) is 6.07 Å². The van der Waals surface area contributed by atoms with Crippen LogP contribution in [-0.2, 0) is 17.5 Å². The molecule has 1 amide bonds. The lowest BCUT2D eigenvalue weighted by Gasteiger charge is -2.32. The van der Waals surface area contributed by atoms with Crippen LogP contribution < -0.4 is 0 Å². The minimum absolute atomic E-state index is 0.0288. The molecule has 6 nitrogen and oxygen atoms in total. The van der Waals surface area contributed by atoms with E-state index in [-0.39, 0.29) is 23.3 Å². The second-order valence-electron chi connectivity index (χ2n) is 7.20. The van der Waals surface area contributed by atoms with E-state index in [4.69, 9.17) is 0 Å². The van der Waals surface area contributed by atoms with Gasteiger partial charge in [0.15, 0.2) is 0 Å². The molecule has 0 aromatic carbocycles. The quantitative estimate of drug-likeness (QED) is 0.602. The second-order valence-corrected chi connectivity index (χ2v) is 8.15. The molecule has 1 atom stereocenters. The highest BCUT2D eigenvalue weighted by atomic mass is 32.1. The van der Waals surface area contributed by atoms with Crippen molar-refractivity contribution < 1.29 is 18.0 Å². The number of piperidine rings is 1. The largest absolute Gasteiger partial charge is 0.433 e. The number of hydrogen-bond acceptors (Lipinski definition) is 5. The summed E-state index contributed by atoms with van der Waals surface area (Å²) < 4.78 is 42.1. The maximum Gasteiger partial charge on any atom is 0.433 e. The van der Waals surface area contributed by atoms with E-state index >= 15 is 0 Å². The number of nitrogens with zero attached hydrogens (tertiary/aromatic N) is 5. The minimum Gasteiger partial charge on any atom is -0.342 e. The number of carbonyl (C=O) groups is 1. The Hall–Kier alpha value is -2.75. The van der Waals surface area contributed by atoms with Gasteiger partial charge in [-0.3, -0.25) is 4.79 Å². The Labute approximate surface area is 175 Å². The molecule has 1 aliphatic rings. The number of halogens is 3. The lowest BCUT2D eigenvalue weighted by Crippen LogP contribution is -2.40. The summed E-state index contributed by atoms with van der Waals surface area (Å²) in [6.45, 7) is 1.44. The Morgan fingerprint density at radius 1 is 1.30 bits per heavy atom. The van der Waals surface area contributed by atoms with Crippen molar-refractivity contribution in [3.05, 3.63) is 53.8 Å². The predicted molar refractivity (Wildman–Crippen MR) is 106 cm³/mol. The van der Waals surface area contributed by atoms with Gasteiger partial charge >= 0.3 is 6.18 Å². The fraction of sp³-hybridized carbons (Fsp3) is 0.400. The van der Waals surface area contributed by atoms with Crippen molar-refractivity contribution in [2.45, 2.75) is 37.9 Å². The van der Waals surface area contributed by atoms with Crippen LogP contribution in [0.4, 0.5) is 13.2 Å². The van der Waals surface area contributed by atoms with Gasteiger partial charge in [-0.2, -0.15) is 13.2 Å². The molecular weight excluding hydrogens is 415 g/mol. The maximum absolute atomic E-state index is 13.4. The molecule has 0 radical (unpaired) electrons. The highest BCUT2D eigenvalue weighted by Crippen LogP contribution is 2.34. The third-order valence-electron chi connectivity index (χ3n) is 5.09. The Balaban J connectivity index is 1.53. The Morgan fingerprint density at radius 2 is 2.17 bits per heavy atom. The van der Waals surface area contributed by atoms with Crippen molar-refractivity contribution in [3.63, 3.8) is 0 Å². The Kier molecular flexibility index (Phi) is 5.85. The van der Waals surface area contributed by atoms with Crippen LogP contribution in [0.2, 0.25) is 0 Å². The highest BCUT2D eigenvalue weighted by molar-refractivity contribution is 7.13. The van der Waals surface area contributed by atoms with Crippen LogP contribution in [0.3, 0.4) is 0 Å². The average Bonchev–Trinajstić information content (AvgIpc) is 3.45. The molecule has 10 heteroatoms. The van der Waals surface area contributed by atoms with E-state index in [9.17, 15) is 18.0 Å². The summed E-state index contributed by atoms with van der Waals surface area (Å²) in [5.41, 5.74) is -0.676. The first kappa shape index (κ1) is 20.5. The number of imidazole rings is 1. The lowest BCUT2D eigenvalue weighted by atomic mass is 9.96. The molecule has 4 heterocycles. The number of rotatable bonds is 5. The smallest absolute Gasteiger partial charge is 0.342 e. The van der Waals surface area contributed by atoms with E-state index in [2.05, 4.69) is 15.0 Å². The molecule has 0 bridgehead atoms. The van der Waals surface area contributed by atoms with Crippen molar-refractivity contribution in [2.24, 2.45) is 0 Å². The molecule has 158 valence electrons. The summed E-state index contributed by atoms with van der Waals surface area (Å²) in [5.74, 6) is -0.198. The lowest BCUT2D eigenvalue weighted by molar-refractivity contribution is -0.141.